The van der Waals surface area contributed by atoms with Gasteiger partial charge in [0.2, 0.25) is 11.8 Å². The molecule has 0 aliphatic rings. The Morgan fingerprint density at radius 1 is 1.05 bits per heavy atom. The van der Waals surface area contributed by atoms with Gasteiger partial charge in [0, 0.05) is 33.1 Å². The fourth-order valence-corrected chi connectivity index (χ4v) is 3.02. The van der Waals surface area contributed by atoms with Crippen molar-refractivity contribution in [1.29, 1.82) is 0 Å². The SMILES string of the molecule is Cc1cc(CNc2cc(C(N)=O)cc(C(N)=O)c2)c(C)s1. The highest BCUT2D eigenvalue weighted by atomic mass is 32.1. The van der Waals surface area contributed by atoms with E-state index >= 15 is 0 Å². The number of hydrogen-bond donors (Lipinski definition) is 3. The summed E-state index contributed by atoms with van der Waals surface area (Å²) in [5.74, 6) is -1.19. The first-order chi connectivity index (χ1) is 9.86. The van der Waals surface area contributed by atoms with Crippen molar-refractivity contribution in [2.45, 2.75) is 20.4 Å². The molecule has 0 aliphatic carbocycles. The molecule has 0 bridgehead atoms. The lowest BCUT2D eigenvalue weighted by Gasteiger charge is -2.09. The third-order valence-electron chi connectivity index (χ3n) is 3.13. The van der Waals surface area contributed by atoms with Crippen LogP contribution in [-0.4, -0.2) is 11.8 Å². The highest BCUT2D eigenvalue weighted by molar-refractivity contribution is 7.12. The number of nitrogens with two attached hydrogens (primary N) is 2. The Morgan fingerprint density at radius 2 is 1.62 bits per heavy atom. The Labute approximate surface area is 127 Å². The third-order valence-corrected chi connectivity index (χ3v) is 4.14. The maximum Gasteiger partial charge on any atom is 0.248 e. The lowest BCUT2D eigenvalue weighted by Crippen LogP contribution is -2.16. The number of nitrogens with one attached hydrogen (secondary N) is 1. The zero-order chi connectivity index (χ0) is 15.6. The van der Waals surface area contributed by atoms with E-state index in [1.807, 2.05) is 0 Å². The molecule has 0 saturated heterocycles. The van der Waals surface area contributed by atoms with E-state index in [1.54, 1.807) is 23.5 Å². The number of rotatable bonds is 5. The summed E-state index contributed by atoms with van der Waals surface area (Å²) in [5, 5.41) is 3.20. The van der Waals surface area contributed by atoms with Crippen molar-refractivity contribution in [1.82, 2.24) is 0 Å². The van der Waals surface area contributed by atoms with Gasteiger partial charge in [-0.05, 0) is 43.7 Å². The molecule has 5 N–H and O–H groups in total. The quantitative estimate of drug-likeness (QED) is 0.789. The van der Waals surface area contributed by atoms with Crippen molar-refractivity contribution in [3.8, 4) is 0 Å². The van der Waals surface area contributed by atoms with E-state index < -0.39 is 11.8 Å². The van der Waals surface area contributed by atoms with Crippen LogP contribution in [0.3, 0.4) is 0 Å². The van der Waals surface area contributed by atoms with Crippen molar-refractivity contribution >= 4 is 28.8 Å². The van der Waals surface area contributed by atoms with Crippen LogP contribution in [-0.2, 0) is 6.54 Å². The first-order valence-corrected chi connectivity index (χ1v) is 7.23. The fourth-order valence-electron chi connectivity index (χ4n) is 2.07. The minimum Gasteiger partial charge on any atom is -0.381 e. The lowest BCUT2D eigenvalue weighted by molar-refractivity contribution is 0.0999. The predicted octanol–water partition coefficient (Wildman–Crippen LogP) is 2.17. The second-order valence-electron chi connectivity index (χ2n) is 4.82. The highest BCUT2D eigenvalue weighted by Crippen LogP contribution is 2.22. The molecule has 0 atom stereocenters. The normalized spacial score (nSPS) is 10.4. The van der Waals surface area contributed by atoms with Crippen molar-refractivity contribution in [2.24, 2.45) is 11.5 Å². The first-order valence-electron chi connectivity index (χ1n) is 6.41. The molecule has 2 rings (SSSR count). The van der Waals surface area contributed by atoms with Crippen LogP contribution >= 0.6 is 11.3 Å². The average molecular weight is 303 g/mol. The van der Waals surface area contributed by atoms with Crippen LogP contribution in [0.2, 0.25) is 0 Å². The maximum atomic E-state index is 11.3. The van der Waals surface area contributed by atoms with E-state index in [1.165, 1.54) is 21.4 Å². The summed E-state index contributed by atoms with van der Waals surface area (Å²) in [5.41, 5.74) is 12.9. The average Bonchev–Trinajstić information content (AvgIpc) is 2.74. The van der Waals surface area contributed by atoms with E-state index in [0.29, 0.717) is 12.2 Å². The van der Waals surface area contributed by atoms with Gasteiger partial charge >= 0.3 is 0 Å². The number of carbonyl (C=O) groups is 2. The van der Waals surface area contributed by atoms with Gasteiger partial charge in [0.1, 0.15) is 0 Å². The van der Waals surface area contributed by atoms with Crippen LogP contribution in [0.15, 0.2) is 24.3 Å². The molecule has 5 nitrogen and oxygen atoms in total. The van der Waals surface area contributed by atoms with Crippen molar-refractivity contribution in [3.05, 3.63) is 50.7 Å². The summed E-state index contributed by atoms with van der Waals surface area (Å²) >= 11 is 1.73. The summed E-state index contributed by atoms with van der Waals surface area (Å²) in [6.45, 7) is 4.72. The number of carbonyl (C=O) groups excluding carboxylic acids is 2. The number of primary amides is 2. The molecular weight excluding hydrogens is 286 g/mol. The lowest BCUT2D eigenvalue weighted by atomic mass is 10.1. The van der Waals surface area contributed by atoms with Gasteiger partial charge in [-0.3, -0.25) is 9.59 Å². The molecule has 1 aromatic carbocycles. The van der Waals surface area contributed by atoms with E-state index in [-0.39, 0.29) is 11.1 Å². The molecule has 0 saturated carbocycles. The minimum absolute atomic E-state index is 0.257. The molecule has 0 aliphatic heterocycles. The smallest absolute Gasteiger partial charge is 0.248 e. The number of hydrogen-bond acceptors (Lipinski definition) is 4. The van der Waals surface area contributed by atoms with Gasteiger partial charge in [-0.2, -0.15) is 0 Å². The molecule has 21 heavy (non-hydrogen) atoms. The molecule has 6 heteroatoms. The molecule has 0 fully saturated rings. The summed E-state index contributed by atoms with van der Waals surface area (Å²) in [4.78, 5) is 25.1. The van der Waals surface area contributed by atoms with Crippen LogP contribution < -0.4 is 16.8 Å². The number of amides is 2. The second kappa shape index (κ2) is 5.97. The number of anilines is 1. The second-order valence-corrected chi connectivity index (χ2v) is 6.28. The Morgan fingerprint density at radius 3 is 2.05 bits per heavy atom. The van der Waals surface area contributed by atoms with Gasteiger partial charge in [-0.1, -0.05) is 0 Å². The monoisotopic (exact) mass is 303 g/mol. The van der Waals surface area contributed by atoms with Gasteiger partial charge in [0.15, 0.2) is 0 Å². The molecule has 1 heterocycles. The molecule has 2 amide bonds. The molecule has 1 aromatic heterocycles. The Balaban J connectivity index is 2.24. The number of benzene rings is 1. The Kier molecular flexibility index (Phi) is 4.28. The van der Waals surface area contributed by atoms with Crippen LogP contribution in [0, 0.1) is 13.8 Å². The molecule has 0 unspecified atom stereocenters. The number of aryl methyl sites for hydroxylation is 2. The summed E-state index contributed by atoms with van der Waals surface area (Å²) < 4.78 is 0. The van der Waals surface area contributed by atoms with Gasteiger partial charge in [-0.25, -0.2) is 0 Å². The first kappa shape index (κ1) is 15.1. The molecule has 110 valence electrons. The van der Waals surface area contributed by atoms with Crippen molar-refractivity contribution in [3.63, 3.8) is 0 Å². The zero-order valence-corrected chi connectivity index (χ0v) is 12.7. The molecule has 0 radical (unpaired) electrons. The minimum atomic E-state index is -0.594. The predicted molar refractivity (Wildman–Crippen MR) is 84.6 cm³/mol. The summed E-state index contributed by atoms with van der Waals surface area (Å²) in [6, 6.07) is 6.74. The van der Waals surface area contributed by atoms with E-state index in [0.717, 1.165) is 0 Å². The van der Waals surface area contributed by atoms with E-state index in [4.69, 9.17) is 11.5 Å². The standard InChI is InChI=1S/C15H17N3O2S/c1-8-3-12(9(2)21-8)7-18-13-5-10(14(16)19)4-11(6-13)15(17)20/h3-6,18H,7H2,1-2H3,(H2,16,19)(H2,17,20). The molecule has 0 spiro atoms. The van der Waals surface area contributed by atoms with Crippen LogP contribution in [0.4, 0.5) is 5.69 Å². The third kappa shape index (κ3) is 3.61. The van der Waals surface area contributed by atoms with Gasteiger partial charge in [0.05, 0.1) is 0 Å². The summed E-state index contributed by atoms with van der Waals surface area (Å²) in [6.07, 6.45) is 0. The van der Waals surface area contributed by atoms with Gasteiger partial charge in [-0.15, -0.1) is 11.3 Å². The van der Waals surface area contributed by atoms with Gasteiger partial charge < -0.3 is 16.8 Å². The largest absolute Gasteiger partial charge is 0.381 e. The highest BCUT2D eigenvalue weighted by Gasteiger charge is 2.09. The van der Waals surface area contributed by atoms with Crippen LogP contribution in [0.1, 0.15) is 36.0 Å². The van der Waals surface area contributed by atoms with Gasteiger partial charge in [0.25, 0.3) is 0 Å². The summed E-state index contributed by atoms with van der Waals surface area (Å²) in [7, 11) is 0. The Hall–Kier alpha value is -2.34. The number of thiophene rings is 1. The topological polar surface area (TPSA) is 98.2 Å². The van der Waals surface area contributed by atoms with E-state index in [2.05, 4.69) is 25.2 Å². The van der Waals surface area contributed by atoms with Crippen molar-refractivity contribution < 1.29 is 9.59 Å². The molecule has 2 aromatic rings. The Bertz CT molecular complexity index is 675. The van der Waals surface area contributed by atoms with E-state index in [9.17, 15) is 9.59 Å². The van der Waals surface area contributed by atoms with Crippen LogP contribution in [0.5, 0.6) is 0 Å². The maximum absolute atomic E-state index is 11.3. The van der Waals surface area contributed by atoms with Crippen molar-refractivity contribution in [2.75, 3.05) is 5.32 Å². The van der Waals surface area contributed by atoms with Crippen LogP contribution in [0.25, 0.3) is 0 Å². The fraction of sp³-hybridized carbons (Fsp3) is 0.200. The zero-order valence-electron chi connectivity index (χ0n) is 11.9. The molecular formula is C15H17N3O2S.